The molecule has 0 heterocycles. The predicted molar refractivity (Wildman–Crippen MR) is 78.0 cm³/mol. The van der Waals surface area contributed by atoms with Crippen LogP contribution in [0.4, 0.5) is 11.4 Å². The third kappa shape index (κ3) is 5.03. The van der Waals surface area contributed by atoms with Crippen LogP contribution in [0.15, 0.2) is 23.1 Å². The van der Waals surface area contributed by atoms with Crippen molar-refractivity contribution in [2.45, 2.75) is 18.2 Å². The van der Waals surface area contributed by atoms with Gasteiger partial charge in [0.2, 0.25) is 5.91 Å². The monoisotopic (exact) mass is 315 g/mol. The zero-order valence-electron chi connectivity index (χ0n) is 11.8. The minimum absolute atomic E-state index is 0.122. The van der Waals surface area contributed by atoms with E-state index in [1.165, 1.54) is 12.1 Å². The molecule has 21 heavy (non-hydrogen) atoms. The van der Waals surface area contributed by atoms with Crippen molar-refractivity contribution in [2.75, 3.05) is 24.7 Å². The first-order valence-corrected chi connectivity index (χ1v) is 8.14. The summed E-state index contributed by atoms with van der Waals surface area (Å²) in [5.74, 6) is -0.166. The van der Waals surface area contributed by atoms with Gasteiger partial charge in [0, 0.05) is 31.8 Å². The molecule has 0 saturated carbocycles. The van der Waals surface area contributed by atoms with Gasteiger partial charge in [-0.15, -0.1) is 0 Å². The van der Waals surface area contributed by atoms with E-state index in [1.54, 1.807) is 6.92 Å². The summed E-state index contributed by atoms with van der Waals surface area (Å²) in [5.41, 5.74) is -0.162. The van der Waals surface area contributed by atoms with Crippen molar-refractivity contribution in [3.63, 3.8) is 0 Å². The molecule has 1 amide bonds. The molecule has 0 radical (unpaired) electrons. The van der Waals surface area contributed by atoms with Crippen molar-refractivity contribution in [3.05, 3.63) is 28.3 Å². The molecule has 0 bridgehead atoms. The molecule has 0 unspecified atom stereocenters. The Bertz CT molecular complexity index is 642. The van der Waals surface area contributed by atoms with Crippen LogP contribution < -0.4 is 10.6 Å². The Kier molecular flexibility index (Phi) is 5.65. The lowest BCUT2D eigenvalue weighted by Crippen LogP contribution is -2.24. The van der Waals surface area contributed by atoms with Crippen LogP contribution in [-0.2, 0) is 14.6 Å². The minimum Gasteiger partial charge on any atom is -0.379 e. The Labute approximate surface area is 122 Å². The van der Waals surface area contributed by atoms with Crippen molar-refractivity contribution < 1.29 is 18.1 Å². The second-order valence-electron chi connectivity index (χ2n) is 4.34. The van der Waals surface area contributed by atoms with Gasteiger partial charge < -0.3 is 10.6 Å². The van der Waals surface area contributed by atoms with Gasteiger partial charge in [-0.3, -0.25) is 14.9 Å². The highest BCUT2D eigenvalue weighted by Crippen LogP contribution is 2.27. The van der Waals surface area contributed by atoms with Gasteiger partial charge in [0.25, 0.3) is 5.69 Å². The summed E-state index contributed by atoms with van der Waals surface area (Å²) in [6.07, 6.45) is 1.15. The van der Waals surface area contributed by atoms with Crippen LogP contribution in [0.1, 0.15) is 13.3 Å². The highest BCUT2D eigenvalue weighted by molar-refractivity contribution is 7.90. The van der Waals surface area contributed by atoms with Crippen LogP contribution in [0.5, 0.6) is 0 Å². The number of rotatable bonds is 7. The number of amides is 1. The van der Waals surface area contributed by atoms with E-state index in [-0.39, 0.29) is 35.1 Å². The fraction of sp³-hybridized carbons (Fsp3) is 0.417. The van der Waals surface area contributed by atoms with Crippen molar-refractivity contribution in [2.24, 2.45) is 0 Å². The topological polar surface area (TPSA) is 118 Å². The second-order valence-corrected chi connectivity index (χ2v) is 6.35. The van der Waals surface area contributed by atoms with E-state index in [2.05, 4.69) is 10.6 Å². The van der Waals surface area contributed by atoms with Gasteiger partial charge in [0.1, 0.15) is 5.69 Å². The maximum Gasteiger partial charge on any atom is 0.293 e. The third-order valence-electron chi connectivity index (χ3n) is 2.64. The average molecular weight is 315 g/mol. The summed E-state index contributed by atoms with van der Waals surface area (Å²) in [6, 6.07) is 3.62. The highest BCUT2D eigenvalue weighted by Gasteiger charge is 2.18. The molecular weight excluding hydrogens is 298 g/mol. The third-order valence-corrected chi connectivity index (χ3v) is 3.75. The van der Waals surface area contributed by atoms with Gasteiger partial charge in [-0.25, -0.2) is 8.42 Å². The van der Waals surface area contributed by atoms with E-state index in [0.29, 0.717) is 6.54 Å². The van der Waals surface area contributed by atoms with Crippen LogP contribution in [-0.4, -0.2) is 38.6 Å². The van der Waals surface area contributed by atoms with Crippen molar-refractivity contribution in [1.29, 1.82) is 0 Å². The Hall–Kier alpha value is -2.16. The van der Waals surface area contributed by atoms with Gasteiger partial charge in [-0.2, -0.15) is 0 Å². The summed E-state index contributed by atoms with van der Waals surface area (Å²) < 4.78 is 22.8. The molecule has 1 rings (SSSR count). The first-order valence-electron chi connectivity index (χ1n) is 6.24. The standard InChI is InChI=1S/C12H17N3O5S/c1-3-13-12(16)6-7-14-10-5-4-9(21(2,19)20)8-11(10)15(17)18/h4-5,8,14H,3,6-7H2,1-2H3,(H,13,16). The first kappa shape index (κ1) is 16.9. The van der Waals surface area contributed by atoms with Crippen LogP contribution in [0.3, 0.4) is 0 Å². The molecule has 8 nitrogen and oxygen atoms in total. The Morgan fingerprint density at radius 1 is 1.38 bits per heavy atom. The number of anilines is 1. The fourth-order valence-electron chi connectivity index (χ4n) is 1.64. The Balaban J connectivity index is 2.88. The zero-order valence-corrected chi connectivity index (χ0v) is 12.6. The molecule has 2 N–H and O–H groups in total. The number of hydrogen-bond acceptors (Lipinski definition) is 6. The van der Waals surface area contributed by atoms with Gasteiger partial charge in [-0.1, -0.05) is 0 Å². The van der Waals surface area contributed by atoms with Gasteiger partial charge in [-0.05, 0) is 19.1 Å². The predicted octanol–water partition coefficient (Wildman–Crippen LogP) is 0.936. The molecule has 9 heteroatoms. The second kappa shape index (κ2) is 7.02. The Morgan fingerprint density at radius 3 is 2.57 bits per heavy atom. The number of sulfone groups is 1. The summed E-state index contributed by atoms with van der Waals surface area (Å²) in [7, 11) is -3.51. The Morgan fingerprint density at radius 2 is 2.05 bits per heavy atom. The summed E-state index contributed by atoms with van der Waals surface area (Å²) in [4.78, 5) is 21.5. The van der Waals surface area contributed by atoms with Crippen LogP contribution in [0.2, 0.25) is 0 Å². The number of hydrogen-bond donors (Lipinski definition) is 2. The molecule has 0 saturated heterocycles. The molecule has 116 valence electrons. The van der Waals surface area contributed by atoms with Crippen molar-refractivity contribution >= 4 is 27.1 Å². The number of nitrogens with zero attached hydrogens (tertiary/aromatic N) is 1. The zero-order chi connectivity index (χ0) is 16.0. The number of benzene rings is 1. The molecule has 0 aliphatic rings. The highest BCUT2D eigenvalue weighted by atomic mass is 32.2. The average Bonchev–Trinajstić information content (AvgIpc) is 2.37. The number of carbonyl (C=O) groups is 1. The van der Waals surface area contributed by atoms with E-state index >= 15 is 0 Å². The SMILES string of the molecule is CCNC(=O)CCNc1ccc(S(C)(=O)=O)cc1[N+](=O)[O-]. The van der Waals surface area contributed by atoms with Crippen molar-refractivity contribution in [1.82, 2.24) is 5.32 Å². The van der Waals surface area contributed by atoms with Crippen LogP contribution in [0.25, 0.3) is 0 Å². The molecule has 0 fully saturated rings. The largest absolute Gasteiger partial charge is 0.379 e. The summed E-state index contributed by atoms with van der Waals surface area (Å²) in [5, 5.41) is 16.4. The fourth-order valence-corrected chi connectivity index (χ4v) is 2.28. The van der Waals surface area contributed by atoms with E-state index in [4.69, 9.17) is 0 Å². The molecular formula is C12H17N3O5S. The maximum atomic E-state index is 11.4. The molecule has 0 aliphatic carbocycles. The summed E-state index contributed by atoms with van der Waals surface area (Å²) in [6.45, 7) is 2.52. The molecule has 1 aromatic carbocycles. The molecule has 0 spiro atoms. The lowest BCUT2D eigenvalue weighted by atomic mass is 10.2. The number of nitrogens with one attached hydrogen (secondary N) is 2. The molecule has 0 atom stereocenters. The number of carbonyl (C=O) groups excluding carboxylic acids is 1. The number of nitro groups is 1. The smallest absolute Gasteiger partial charge is 0.293 e. The first-order chi connectivity index (χ1) is 9.75. The van der Waals surface area contributed by atoms with E-state index in [9.17, 15) is 23.3 Å². The van der Waals surface area contributed by atoms with Crippen LogP contribution in [0, 0.1) is 10.1 Å². The van der Waals surface area contributed by atoms with E-state index in [1.807, 2.05) is 0 Å². The van der Waals surface area contributed by atoms with Gasteiger partial charge in [0.05, 0.1) is 9.82 Å². The minimum atomic E-state index is -3.51. The van der Waals surface area contributed by atoms with Crippen LogP contribution >= 0.6 is 0 Å². The molecule has 0 aromatic heterocycles. The van der Waals surface area contributed by atoms with E-state index < -0.39 is 14.8 Å². The van der Waals surface area contributed by atoms with Gasteiger partial charge >= 0.3 is 0 Å². The molecule has 0 aliphatic heterocycles. The lowest BCUT2D eigenvalue weighted by molar-refractivity contribution is -0.384. The molecule has 1 aromatic rings. The van der Waals surface area contributed by atoms with Gasteiger partial charge in [0.15, 0.2) is 9.84 Å². The maximum absolute atomic E-state index is 11.4. The van der Waals surface area contributed by atoms with E-state index in [0.717, 1.165) is 12.3 Å². The summed E-state index contributed by atoms with van der Waals surface area (Å²) >= 11 is 0. The quantitative estimate of drug-likeness (QED) is 0.571. The lowest BCUT2D eigenvalue weighted by Gasteiger charge is -2.08. The van der Waals surface area contributed by atoms with Crippen molar-refractivity contribution in [3.8, 4) is 0 Å². The number of nitro benzene ring substituents is 1. The normalized spacial score (nSPS) is 11.0.